The summed E-state index contributed by atoms with van der Waals surface area (Å²) in [6, 6.07) is 4.79. The number of sulfone groups is 1. The first-order valence-electron chi connectivity index (χ1n) is 4.46. The first-order chi connectivity index (χ1) is 7.53. The van der Waals surface area contributed by atoms with Gasteiger partial charge in [-0.2, -0.15) is 5.11 Å². The molecule has 0 saturated carbocycles. The first-order valence-corrected chi connectivity index (χ1v) is 6.93. The Morgan fingerprint density at radius 3 is 2.94 bits per heavy atom. The van der Waals surface area contributed by atoms with E-state index in [1.54, 1.807) is 6.07 Å². The number of fused-ring (bicyclic) bond motifs is 1. The van der Waals surface area contributed by atoms with Crippen LogP contribution >= 0.6 is 11.3 Å². The molecule has 0 radical (unpaired) electrons. The Kier molecular flexibility index (Phi) is 2.73. The highest BCUT2D eigenvalue weighted by molar-refractivity contribution is 7.91. The van der Waals surface area contributed by atoms with Gasteiger partial charge in [0.25, 0.3) is 0 Å². The summed E-state index contributed by atoms with van der Waals surface area (Å²) in [7, 11) is -3.48. The number of aromatic nitrogens is 1. The third kappa shape index (κ3) is 1.96. The average molecular weight is 255 g/mol. The zero-order valence-electron chi connectivity index (χ0n) is 8.47. The Balaban J connectivity index is 2.58. The number of benzene rings is 1. The maximum Gasteiger partial charge on any atom is 0.200 e. The minimum Gasteiger partial charge on any atom is -0.241 e. The number of nitrogens with zero attached hydrogens (tertiary/aromatic N) is 2. The van der Waals surface area contributed by atoms with Gasteiger partial charge in [-0.15, -0.1) is 11.3 Å². The summed E-state index contributed by atoms with van der Waals surface area (Å²) in [6.45, 7) is 1.87. The van der Waals surface area contributed by atoms with Crippen LogP contribution in [0.5, 0.6) is 0 Å². The van der Waals surface area contributed by atoms with Gasteiger partial charge in [-0.25, -0.2) is 18.9 Å². The number of hydrogen-bond donors (Lipinski definition) is 1. The zero-order valence-corrected chi connectivity index (χ0v) is 10.1. The Bertz CT molecular complexity index is 646. The van der Waals surface area contributed by atoms with E-state index in [-0.39, 0.29) is 4.90 Å². The number of rotatable bonds is 3. The predicted molar refractivity (Wildman–Crippen MR) is 61.6 cm³/mol. The van der Waals surface area contributed by atoms with Gasteiger partial charge in [0.2, 0.25) is 0 Å². The van der Waals surface area contributed by atoms with Crippen LogP contribution in [0.1, 0.15) is 5.01 Å². The van der Waals surface area contributed by atoms with Gasteiger partial charge in [0.05, 0.1) is 20.1 Å². The van der Waals surface area contributed by atoms with E-state index < -0.39 is 15.7 Å². The summed E-state index contributed by atoms with van der Waals surface area (Å²) >= 11 is 1.52. The highest BCUT2D eigenvalue weighted by Gasteiger charge is 2.15. The summed E-state index contributed by atoms with van der Waals surface area (Å²) in [5, 5.41) is 3.81. The van der Waals surface area contributed by atoms with E-state index in [1.165, 1.54) is 23.5 Å². The molecule has 0 fully saturated rings. The molecule has 0 spiro atoms. The van der Waals surface area contributed by atoms with Crippen molar-refractivity contribution in [3.8, 4) is 0 Å². The third-order valence-electron chi connectivity index (χ3n) is 2.06. The van der Waals surface area contributed by atoms with Crippen LogP contribution in [0.25, 0.3) is 10.2 Å². The summed E-state index contributed by atoms with van der Waals surface area (Å²) in [6.07, 6.45) is 0. The molecule has 1 heterocycles. The third-order valence-corrected chi connectivity index (χ3v) is 4.45. The molecule has 2 rings (SSSR count). The van der Waals surface area contributed by atoms with Crippen molar-refractivity contribution in [1.82, 2.24) is 4.98 Å². The normalized spacial score (nSPS) is 11.8. The summed E-state index contributed by atoms with van der Waals surface area (Å²) < 4.78 is 24.2. The molecule has 0 aliphatic heterocycles. The van der Waals surface area contributed by atoms with Crippen molar-refractivity contribution in [2.45, 2.75) is 11.8 Å². The minimum atomic E-state index is -3.48. The lowest BCUT2D eigenvalue weighted by atomic mass is 10.3. The van der Waals surface area contributed by atoms with Crippen LogP contribution < -0.4 is 0 Å². The van der Waals surface area contributed by atoms with Crippen LogP contribution in [0, 0.1) is 12.5 Å². The lowest BCUT2D eigenvalue weighted by Crippen LogP contribution is -2.03. The van der Waals surface area contributed by atoms with E-state index in [1.807, 2.05) is 6.92 Å². The molecule has 2 aromatic rings. The molecular weight excluding hydrogens is 246 g/mol. The second kappa shape index (κ2) is 3.91. The molecule has 5 nitrogen and oxygen atoms in total. The van der Waals surface area contributed by atoms with E-state index in [0.29, 0.717) is 5.52 Å². The fourth-order valence-corrected chi connectivity index (χ4v) is 3.07. The molecule has 84 valence electrons. The molecule has 0 aliphatic carbocycles. The van der Waals surface area contributed by atoms with Crippen LogP contribution in [0.3, 0.4) is 0 Å². The Morgan fingerprint density at radius 2 is 2.25 bits per heavy atom. The lowest BCUT2D eigenvalue weighted by molar-refractivity contribution is 0.595. The summed E-state index contributed by atoms with van der Waals surface area (Å²) in [4.78, 5) is 4.39. The van der Waals surface area contributed by atoms with Gasteiger partial charge >= 0.3 is 0 Å². The maximum atomic E-state index is 11.6. The van der Waals surface area contributed by atoms with Crippen molar-refractivity contribution in [2.24, 2.45) is 5.11 Å². The molecule has 0 bridgehead atoms. The highest BCUT2D eigenvalue weighted by atomic mass is 32.2. The van der Waals surface area contributed by atoms with E-state index in [0.717, 1.165) is 9.71 Å². The minimum absolute atomic E-state index is 0.168. The molecule has 0 saturated heterocycles. The van der Waals surface area contributed by atoms with E-state index in [2.05, 4.69) is 10.1 Å². The molecule has 16 heavy (non-hydrogen) atoms. The monoisotopic (exact) mass is 255 g/mol. The van der Waals surface area contributed by atoms with Gasteiger partial charge in [-0.3, -0.25) is 0 Å². The van der Waals surface area contributed by atoms with Crippen LogP contribution in [0.4, 0.5) is 0 Å². The fraction of sp³-hybridized carbons (Fsp3) is 0.222. The van der Waals surface area contributed by atoms with Crippen molar-refractivity contribution in [3.63, 3.8) is 0 Å². The Morgan fingerprint density at radius 1 is 1.50 bits per heavy atom. The van der Waals surface area contributed by atoms with Crippen molar-refractivity contribution >= 4 is 31.4 Å². The number of hydrogen-bond acceptors (Lipinski definition) is 6. The topological polar surface area (TPSA) is 83.2 Å². The predicted octanol–water partition coefficient (Wildman–Crippen LogP) is 2.37. The van der Waals surface area contributed by atoms with E-state index >= 15 is 0 Å². The maximum absolute atomic E-state index is 11.6. The molecule has 1 aromatic carbocycles. The molecule has 0 atom stereocenters. The molecule has 0 amide bonds. The SMILES string of the molecule is Cc1nc2cc(S(=O)(=O)CN=N)ccc2s1. The van der Waals surface area contributed by atoms with Gasteiger partial charge in [-0.1, -0.05) is 0 Å². The smallest absolute Gasteiger partial charge is 0.200 e. The molecule has 0 aliphatic rings. The molecule has 1 N–H and O–H groups in total. The highest BCUT2D eigenvalue weighted by Crippen LogP contribution is 2.24. The largest absolute Gasteiger partial charge is 0.241 e. The van der Waals surface area contributed by atoms with Gasteiger partial charge in [-0.05, 0) is 25.1 Å². The van der Waals surface area contributed by atoms with Crippen LogP contribution in [0.2, 0.25) is 0 Å². The second-order valence-corrected chi connectivity index (χ2v) is 6.46. The molecule has 0 unspecified atom stereocenters. The van der Waals surface area contributed by atoms with Crippen molar-refractivity contribution in [1.29, 1.82) is 5.53 Å². The standard InChI is InChI=1S/C9H9N3O2S2/c1-6-12-8-4-7(2-3-9(8)15-6)16(13,14)5-11-10/h2-4,10H,5H2,1H3. The van der Waals surface area contributed by atoms with Crippen LogP contribution in [-0.2, 0) is 9.84 Å². The Hall–Kier alpha value is -1.34. The zero-order chi connectivity index (χ0) is 11.8. The second-order valence-electron chi connectivity index (χ2n) is 3.26. The fourth-order valence-electron chi connectivity index (χ4n) is 1.38. The van der Waals surface area contributed by atoms with Gasteiger partial charge in [0.15, 0.2) is 15.7 Å². The van der Waals surface area contributed by atoms with Crippen molar-refractivity contribution < 1.29 is 8.42 Å². The van der Waals surface area contributed by atoms with Crippen molar-refractivity contribution in [3.05, 3.63) is 23.2 Å². The van der Waals surface area contributed by atoms with Crippen LogP contribution in [0.15, 0.2) is 28.2 Å². The molecule has 1 aromatic heterocycles. The van der Waals surface area contributed by atoms with E-state index in [9.17, 15) is 8.42 Å². The molecule has 7 heteroatoms. The van der Waals surface area contributed by atoms with Crippen LogP contribution in [-0.4, -0.2) is 19.3 Å². The van der Waals surface area contributed by atoms with Gasteiger partial charge in [0.1, 0.15) is 0 Å². The lowest BCUT2D eigenvalue weighted by Gasteiger charge is -1.99. The number of thiazole rings is 1. The number of aryl methyl sites for hydroxylation is 1. The van der Waals surface area contributed by atoms with Gasteiger partial charge in [0, 0.05) is 0 Å². The van der Waals surface area contributed by atoms with E-state index in [4.69, 9.17) is 5.53 Å². The first kappa shape index (κ1) is 11.2. The van der Waals surface area contributed by atoms with Crippen molar-refractivity contribution in [2.75, 3.05) is 5.88 Å². The summed E-state index contributed by atoms with van der Waals surface area (Å²) in [5.74, 6) is -0.512. The Labute approximate surface area is 96.6 Å². The summed E-state index contributed by atoms with van der Waals surface area (Å²) in [5.41, 5.74) is 7.28. The number of nitrogens with one attached hydrogen (secondary N) is 1. The quantitative estimate of drug-likeness (QED) is 0.854. The molecular formula is C9H9N3O2S2. The average Bonchev–Trinajstić information content (AvgIpc) is 2.56. The van der Waals surface area contributed by atoms with Gasteiger partial charge < -0.3 is 0 Å².